The number of nitrogens with zero attached hydrogens (tertiary/aromatic N) is 2. The van der Waals surface area contributed by atoms with Crippen molar-refractivity contribution in [3.63, 3.8) is 0 Å². The second-order valence-corrected chi connectivity index (χ2v) is 4.06. The maximum Gasteiger partial charge on any atom is 0.141 e. The number of aromatic nitrogens is 2. The minimum atomic E-state index is 0.351. The van der Waals surface area contributed by atoms with Gasteiger partial charge in [-0.25, -0.2) is 9.97 Å². The molecule has 90 valence electrons. The summed E-state index contributed by atoms with van der Waals surface area (Å²) in [5.74, 6) is 1.36. The van der Waals surface area contributed by atoms with E-state index in [1.165, 1.54) is 0 Å². The van der Waals surface area contributed by atoms with Gasteiger partial charge in [0.05, 0.1) is 13.2 Å². The van der Waals surface area contributed by atoms with Gasteiger partial charge in [0.25, 0.3) is 0 Å². The van der Waals surface area contributed by atoms with Crippen molar-refractivity contribution in [2.75, 3.05) is 13.2 Å². The van der Waals surface area contributed by atoms with Gasteiger partial charge in [0.15, 0.2) is 0 Å². The molecule has 1 heterocycles. The predicted molar refractivity (Wildman–Crippen MR) is 64.0 cm³/mol. The molecule has 0 bridgehead atoms. The maximum atomic E-state index is 5.44. The van der Waals surface area contributed by atoms with Crippen molar-refractivity contribution in [2.45, 2.75) is 33.4 Å². The molecule has 4 nitrogen and oxygen atoms in total. The summed E-state index contributed by atoms with van der Waals surface area (Å²) in [5.41, 5.74) is 0. The quantitative estimate of drug-likeness (QED) is 0.763. The monoisotopic (exact) mass is 223 g/mol. The van der Waals surface area contributed by atoms with Crippen molar-refractivity contribution >= 4 is 0 Å². The Morgan fingerprint density at radius 1 is 1.31 bits per heavy atom. The maximum absolute atomic E-state index is 5.44. The highest BCUT2D eigenvalue weighted by Crippen LogP contribution is 2.03. The number of rotatable bonds is 7. The molecule has 0 saturated heterocycles. The van der Waals surface area contributed by atoms with Gasteiger partial charge in [-0.15, -0.1) is 0 Å². The molecule has 0 aliphatic heterocycles. The second-order valence-electron chi connectivity index (χ2n) is 4.06. The first-order valence-electron chi connectivity index (χ1n) is 5.81. The van der Waals surface area contributed by atoms with Crippen LogP contribution in [0.15, 0.2) is 18.5 Å². The van der Waals surface area contributed by atoms with Gasteiger partial charge in [-0.1, -0.05) is 13.8 Å². The van der Waals surface area contributed by atoms with Gasteiger partial charge in [0, 0.05) is 25.0 Å². The summed E-state index contributed by atoms with van der Waals surface area (Å²) in [6, 6.07) is 2.17. The van der Waals surface area contributed by atoms with Crippen molar-refractivity contribution in [1.82, 2.24) is 15.3 Å². The fraction of sp³-hybridized carbons (Fsp3) is 0.667. The molecule has 16 heavy (non-hydrogen) atoms. The van der Waals surface area contributed by atoms with E-state index < -0.39 is 0 Å². The van der Waals surface area contributed by atoms with Crippen LogP contribution >= 0.6 is 0 Å². The number of hydrogen-bond acceptors (Lipinski definition) is 4. The normalized spacial score (nSPS) is 13.0. The zero-order valence-electron chi connectivity index (χ0n) is 10.3. The van der Waals surface area contributed by atoms with Gasteiger partial charge >= 0.3 is 0 Å². The molecule has 1 rings (SSSR count). The Bertz CT molecular complexity index is 277. The molecule has 0 aliphatic carbocycles. The SMILES string of the molecule is CCOCC(NCc1ncccn1)C(C)C. The van der Waals surface area contributed by atoms with Gasteiger partial charge in [-0.2, -0.15) is 0 Å². The van der Waals surface area contributed by atoms with E-state index in [9.17, 15) is 0 Å². The molecule has 0 fully saturated rings. The van der Waals surface area contributed by atoms with Gasteiger partial charge in [-0.05, 0) is 18.9 Å². The molecule has 0 aliphatic rings. The first-order valence-corrected chi connectivity index (χ1v) is 5.81. The van der Waals surface area contributed by atoms with E-state index in [-0.39, 0.29) is 0 Å². The summed E-state index contributed by atoms with van der Waals surface area (Å²) in [4.78, 5) is 8.35. The van der Waals surface area contributed by atoms with Crippen LogP contribution in [0.1, 0.15) is 26.6 Å². The Morgan fingerprint density at radius 3 is 2.56 bits per heavy atom. The lowest BCUT2D eigenvalue weighted by Crippen LogP contribution is -2.37. The van der Waals surface area contributed by atoms with Crippen molar-refractivity contribution in [2.24, 2.45) is 5.92 Å². The fourth-order valence-electron chi connectivity index (χ4n) is 1.38. The molecule has 1 aromatic heterocycles. The first kappa shape index (κ1) is 13.1. The summed E-state index contributed by atoms with van der Waals surface area (Å²) in [5, 5.41) is 3.42. The lowest BCUT2D eigenvalue weighted by atomic mass is 10.1. The molecule has 1 N–H and O–H groups in total. The molecular formula is C12H21N3O. The minimum Gasteiger partial charge on any atom is -0.380 e. The van der Waals surface area contributed by atoms with Gasteiger partial charge in [0.1, 0.15) is 5.82 Å². The van der Waals surface area contributed by atoms with Crippen LogP contribution in [0, 0.1) is 5.92 Å². The molecule has 0 radical (unpaired) electrons. The molecule has 0 aromatic carbocycles. The van der Waals surface area contributed by atoms with Gasteiger partial charge in [0.2, 0.25) is 0 Å². The highest BCUT2D eigenvalue weighted by atomic mass is 16.5. The lowest BCUT2D eigenvalue weighted by molar-refractivity contribution is 0.107. The van der Waals surface area contributed by atoms with Crippen LogP contribution < -0.4 is 5.32 Å². The summed E-state index contributed by atoms with van der Waals surface area (Å²) in [6.45, 7) is 8.56. The first-order chi connectivity index (χ1) is 7.74. The topological polar surface area (TPSA) is 47.0 Å². The van der Waals surface area contributed by atoms with Crippen LogP contribution in [0.2, 0.25) is 0 Å². The van der Waals surface area contributed by atoms with Gasteiger partial charge in [-0.3, -0.25) is 0 Å². The lowest BCUT2D eigenvalue weighted by Gasteiger charge is -2.21. The van der Waals surface area contributed by atoms with E-state index >= 15 is 0 Å². The molecule has 1 atom stereocenters. The van der Waals surface area contributed by atoms with Gasteiger partial charge < -0.3 is 10.1 Å². The summed E-state index contributed by atoms with van der Waals surface area (Å²) < 4.78 is 5.44. The van der Waals surface area contributed by atoms with Crippen molar-refractivity contribution in [3.05, 3.63) is 24.3 Å². The summed E-state index contributed by atoms with van der Waals surface area (Å²) in [6.07, 6.45) is 3.52. The molecule has 1 aromatic rings. The molecule has 0 amide bonds. The van der Waals surface area contributed by atoms with Crippen molar-refractivity contribution in [1.29, 1.82) is 0 Å². The fourth-order valence-corrected chi connectivity index (χ4v) is 1.38. The Balaban J connectivity index is 2.38. The van der Waals surface area contributed by atoms with Crippen LogP contribution in [0.5, 0.6) is 0 Å². The van der Waals surface area contributed by atoms with E-state index in [0.29, 0.717) is 18.5 Å². The average Bonchev–Trinajstić information content (AvgIpc) is 2.30. The van der Waals surface area contributed by atoms with Crippen LogP contribution in [0.4, 0.5) is 0 Å². The van der Waals surface area contributed by atoms with E-state index in [1.54, 1.807) is 12.4 Å². The minimum absolute atomic E-state index is 0.351. The average molecular weight is 223 g/mol. The van der Waals surface area contributed by atoms with E-state index in [2.05, 4.69) is 29.1 Å². The molecule has 4 heteroatoms. The molecule has 1 unspecified atom stereocenters. The van der Waals surface area contributed by atoms with Crippen LogP contribution in [0.25, 0.3) is 0 Å². The van der Waals surface area contributed by atoms with E-state index in [4.69, 9.17) is 4.74 Å². The number of ether oxygens (including phenoxy) is 1. The summed E-state index contributed by atoms with van der Waals surface area (Å²) in [7, 11) is 0. The largest absolute Gasteiger partial charge is 0.380 e. The number of hydrogen-bond donors (Lipinski definition) is 1. The molecular weight excluding hydrogens is 202 g/mol. The Hall–Kier alpha value is -1.00. The van der Waals surface area contributed by atoms with Crippen LogP contribution in [-0.4, -0.2) is 29.2 Å². The van der Waals surface area contributed by atoms with Crippen LogP contribution in [0.3, 0.4) is 0 Å². The van der Waals surface area contributed by atoms with E-state index in [1.807, 2.05) is 13.0 Å². The smallest absolute Gasteiger partial charge is 0.141 e. The summed E-state index contributed by atoms with van der Waals surface area (Å²) >= 11 is 0. The van der Waals surface area contributed by atoms with Crippen LogP contribution in [-0.2, 0) is 11.3 Å². The predicted octanol–water partition coefficient (Wildman–Crippen LogP) is 1.63. The van der Waals surface area contributed by atoms with Crippen molar-refractivity contribution in [3.8, 4) is 0 Å². The number of nitrogens with one attached hydrogen (secondary N) is 1. The highest BCUT2D eigenvalue weighted by molar-refractivity contribution is 4.88. The van der Waals surface area contributed by atoms with E-state index in [0.717, 1.165) is 19.0 Å². The second kappa shape index (κ2) is 7.30. The standard InChI is InChI=1S/C12H21N3O/c1-4-16-9-11(10(2)3)15-8-12-13-6-5-7-14-12/h5-7,10-11,15H,4,8-9H2,1-3H3. The third kappa shape index (κ3) is 4.68. The highest BCUT2D eigenvalue weighted by Gasteiger charge is 2.12. The molecule has 0 spiro atoms. The van der Waals surface area contributed by atoms with Crippen molar-refractivity contribution < 1.29 is 4.74 Å². The third-order valence-electron chi connectivity index (χ3n) is 2.45. The zero-order valence-corrected chi connectivity index (χ0v) is 10.3. The Kier molecular flexibility index (Phi) is 5.96. The zero-order chi connectivity index (χ0) is 11.8. The molecule has 0 saturated carbocycles. The third-order valence-corrected chi connectivity index (χ3v) is 2.45. The Morgan fingerprint density at radius 2 is 2.00 bits per heavy atom. The Labute approximate surface area is 97.5 Å².